The van der Waals surface area contributed by atoms with E-state index < -0.39 is 58.4 Å². The van der Waals surface area contributed by atoms with Crippen molar-refractivity contribution in [2.24, 2.45) is 0 Å². The Bertz CT molecular complexity index is 950. The zero-order valence-corrected chi connectivity index (χ0v) is 16.2. The number of nitrogens with one attached hydrogen (secondary N) is 1. The van der Waals surface area contributed by atoms with Crippen molar-refractivity contribution in [1.82, 2.24) is 5.32 Å². The molecule has 1 N–H and O–H groups in total. The minimum atomic E-state index is -5.05. The second-order valence-corrected chi connectivity index (χ2v) is 6.42. The maximum absolute atomic E-state index is 13.3. The monoisotopic (exact) mass is 442 g/mol. The van der Waals surface area contributed by atoms with Crippen LogP contribution in [0.1, 0.15) is 34.3 Å². The first-order valence-corrected chi connectivity index (χ1v) is 9.05. The molecule has 2 aromatic rings. The quantitative estimate of drug-likeness (QED) is 0.292. The number of carbonyl (C=O) groups excluding carboxylic acids is 2. The lowest BCUT2D eigenvalue weighted by molar-refractivity contribution is -0.483. The first-order chi connectivity index (χ1) is 14.5. The second-order valence-electron chi connectivity index (χ2n) is 6.42. The van der Waals surface area contributed by atoms with Gasteiger partial charge in [-0.1, -0.05) is 30.3 Å². The lowest BCUT2D eigenvalue weighted by Gasteiger charge is -2.25. The predicted molar refractivity (Wildman–Crippen MR) is 100 cm³/mol. The number of rotatable bonds is 8. The summed E-state index contributed by atoms with van der Waals surface area (Å²) in [7, 11) is 0. The molecule has 1 amide bonds. The van der Waals surface area contributed by atoms with Crippen LogP contribution >= 0.6 is 0 Å². The SMILES string of the molecule is CCOC(=O)C(NC(=O)c1ccc(F)cc1C(F)(F)F)C(C[N+](=O)[O-])c1ccccc1. The fourth-order valence-electron chi connectivity index (χ4n) is 2.99. The average Bonchev–Trinajstić information content (AvgIpc) is 2.70. The molecule has 0 saturated heterocycles. The molecule has 0 fully saturated rings. The van der Waals surface area contributed by atoms with E-state index in [9.17, 15) is 37.3 Å². The second kappa shape index (κ2) is 10.0. The Hall–Kier alpha value is -3.50. The lowest BCUT2D eigenvalue weighted by Crippen LogP contribution is -2.48. The Morgan fingerprint density at radius 1 is 1.16 bits per heavy atom. The summed E-state index contributed by atoms with van der Waals surface area (Å²) in [5.41, 5.74) is -2.18. The van der Waals surface area contributed by atoms with Crippen LogP contribution in [0.4, 0.5) is 17.6 Å². The van der Waals surface area contributed by atoms with Gasteiger partial charge in [-0.25, -0.2) is 9.18 Å². The molecule has 0 heterocycles. The number of esters is 1. The Kier molecular flexibility index (Phi) is 7.67. The van der Waals surface area contributed by atoms with Crippen molar-refractivity contribution in [3.63, 3.8) is 0 Å². The Morgan fingerprint density at radius 3 is 2.35 bits per heavy atom. The summed E-state index contributed by atoms with van der Waals surface area (Å²) in [6.07, 6.45) is -5.05. The van der Waals surface area contributed by atoms with Gasteiger partial charge in [0.05, 0.1) is 23.7 Å². The first kappa shape index (κ1) is 23.8. The van der Waals surface area contributed by atoms with Crippen LogP contribution in [-0.2, 0) is 15.7 Å². The number of ether oxygens (including phenoxy) is 1. The fraction of sp³-hybridized carbons (Fsp3) is 0.300. The highest BCUT2D eigenvalue weighted by Gasteiger charge is 2.39. The third-order valence-electron chi connectivity index (χ3n) is 4.33. The van der Waals surface area contributed by atoms with E-state index >= 15 is 0 Å². The van der Waals surface area contributed by atoms with Crippen LogP contribution < -0.4 is 5.32 Å². The maximum atomic E-state index is 13.3. The molecule has 0 spiro atoms. The molecule has 0 aliphatic heterocycles. The van der Waals surface area contributed by atoms with Gasteiger partial charge in [-0.15, -0.1) is 0 Å². The third-order valence-corrected chi connectivity index (χ3v) is 4.33. The number of halogens is 4. The topological polar surface area (TPSA) is 98.5 Å². The molecule has 0 bridgehead atoms. The van der Waals surface area contributed by atoms with E-state index in [0.29, 0.717) is 17.7 Å². The van der Waals surface area contributed by atoms with Gasteiger partial charge in [-0.05, 0) is 30.7 Å². The van der Waals surface area contributed by atoms with Gasteiger partial charge in [0.15, 0.2) is 0 Å². The van der Waals surface area contributed by atoms with Gasteiger partial charge in [-0.3, -0.25) is 14.9 Å². The molecule has 0 aromatic heterocycles. The average molecular weight is 442 g/mol. The van der Waals surface area contributed by atoms with Crippen LogP contribution in [0.15, 0.2) is 48.5 Å². The van der Waals surface area contributed by atoms with Gasteiger partial charge in [0, 0.05) is 4.92 Å². The number of nitro groups is 1. The fourth-order valence-corrected chi connectivity index (χ4v) is 2.99. The predicted octanol–water partition coefficient (Wildman–Crippen LogP) is 3.57. The van der Waals surface area contributed by atoms with E-state index in [1.54, 1.807) is 18.2 Å². The number of nitrogens with zero attached hydrogens (tertiary/aromatic N) is 1. The minimum Gasteiger partial charge on any atom is -0.464 e. The maximum Gasteiger partial charge on any atom is 0.417 e. The molecular formula is C20H18F4N2O5. The molecule has 7 nitrogen and oxygen atoms in total. The number of carbonyl (C=O) groups is 2. The molecule has 2 unspecified atom stereocenters. The largest absolute Gasteiger partial charge is 0.464 e. The summed E-state index contributed by atoms with van der Waals surface area (Å²) in [5, 5.41) is 13.3. The van der Waals surface area contributed by atoms with E-state index in [-0.39, 0.29) is 12.7 Å². The van der Waals surface area contributed by atoms with E-state index in [1.807, 2.05) is 0 Å². The zero-order valence-electron chi connectivity index (χ0n) is 16.2. The Labute approximate surface area is 174 Å². The number of alkyl halides is 3. The summed E-state index contributed by atoms with van der Waals surface area (Å²) >= 11 is 0. The number of hydrogen-bond acceptors (Lipinski definition) is 5. The zero-order chi connectivity index (χ0) is 23.2. The highest BCUT2D eigenvalue weighted by atomic mass is 19.4. The van der Waals surface area contributed by atoms with Crippen LogP contribution in [0.5, 0.6) is 0 Å². The highest BCUT2D eigenvalue weighted by Crippen LogP contribution is 2.33. The molecule has 2 aromatic carbocycles. The molecule has 0 saturated carbocycles. The molecule has 0 aliphatic carbocycles. The van der Waals surface area contributed by atoms with Crippen LogP contribution in [0, 0.1) is 15.9 Å². The van der Waals surface area contributed by atoms with Crippen LogP contribution in [0.2, 0.25) is 0 Å². The van der Waals surface area contributed by atoms with E-state index in [2.05, 4.69) is 5.32 Å². The van der Waals surface area contributed by atoms with Crippen LogP contribution in [0.25, 0.3) is 0 Å². The van der Waals surface area contributed by atoms with Crippen molar-refractivity contribution in [3.05, 3.63) is 81.2 Å². The van der Waals surface area contributed by atoms with Crippen molar-refractivity contribution in [1.29, 1.82) is 0 Å². The summed E-state index contributed by atoms with van der Waals surface area (Å²) < 4.78 is 58.0. The normalized spacial score (nSPS) is 13.2. The molecule has 166 valence electrons. The third kappa shape index (κ3) is 6.24. The lowest BCUT2D eigenvalue weighted by atomic mass is 9.90. The minimum absolute atomic E-state index is 0.129. The number of amides is 1. The van der Waals surface area contributed by atoms with Crippen molar-refractivity contribution in [3.8, 4) is 0 Å². The molecule has 2 rings (SSSR count). The van der Waals surface area contributed by atoms with E-state index in [4.69, 9.17) is 4.74 Å². The van der Waals surface area contributed by atoms with Crippen molar-refractivity contribution < 1.29 is 36.8 Å². The molecule has 11 heteroatoms. The summed E-state index contributed by atoms with van der Waals surface area (Å²) in [5.74, 6) is -4.84. The Morgan fingerprint density at radius 2 is 1.81 bits per heavy atom. The van der Waals surface area contributed by atoms with Crippen molar-refractivity contribution in [2.45, 2.75) is 25.1 Å². The Balaban J connectivity index is 2.49. The summed E-state index contributed by atoms with van der Waals surface area (Å²) in [4.78, 5) is 35.6. The van der Waals surface area contributed by atoms with Crippen molar-refractivity contribution >= 4 is 11.9 Å². The van der Waals surface area contributed by atoms with Gasteiger partial charge >= 0.3 is 12.1 Å². The standard InChI is InChI=1S/C20H18F4N2O5/c1-2-31-19(28)17(15(11-26(29)30)12-6-4-3-5-7-12)25-18(27)14-9-8-13(21)10-16(14)20(22,23)24/h3-10,15,17H,2,11H2,1H3,(H,25,27). The van der Waals surface area contributed by atoms with E-state index in [1.165, 1.54) is 19.1 Å². The summed E-state index contributed by atoms with van der Waals surface area (Å²) in [6.45, 7) is 0.530. The number of hydrogen-bond donors (Lipinski definition) is 1. The molecule has 2 atom stereocenters. The summed E-state index contributed by atoms with van der Waals surface area (Å²) in [6, 6.07) is 7.46. The molecular weight excluding hydrogens is 424 g/mol. The van der Waals surface area contributed by atoms with E-state index in [0.717, 1.165) is 0 Å². The highest BCUT2D eigenvalue weighted by molar-refractivity contribution is 5.98. The van der Waals surface area contributed by atoms with Crippen LogP contribution in [0.3, 0.4) is 0 Å². The van der Waals surface area contributed by atoms with Gasteiger partial charge in [0.25, 0.3) is 5.91 Å². The first-order valence-electron chi connectivity index (χ1n) is 9.05. The van der Waals surface area contributed by atoms with Gasteiger partial charge in [0.1, 0.15) is 11.9 Å². The molecule has 0 aliphatic rings. The smallest absolute Gasteiger partial charge is 0.417 e. The molecule has 0 radical (unpaired) electrons. The van der Waals surface area contributed by atoms with Crippen LogP contribution in [-0.4, -0.2) is 36.0 Å². The molecule has 31 heavy (non-hydrogen) atoms. The van der Waals surface area contributed by atoms with Crippen molar-refractivity contribution in [2.75, 3.05) is 13.2 Å². The van der Waals surface area contributed by atoms with Gasteiger partial charge in [-0.2, -0.15) is 13.2 Å². The van der Waals surface area contributed by atoms with Gasteiger partial charge < -0.3 is 10.1 Å². The number of benzene rings is 2. The van der Waals surface area contributed by atoms with Gasteiger partial charge in [0.2, 0.25) is 6.54 Å².